The molecule has 0 bridgehead atoms. The molecule has 1 aliphatic rings. The maximum absolute atomic E-state index is 12.6. The number of amides is 1. The van der Waals surface area contributed by atoms with E-state index in [4.69, 9.17) is 9.47 Å². The van der Waals surface area contributed by atoms with E-state index in [-0.39, 0.29) is 16.4 Å². The van der Waals surface area contributed by atoms with Gasteiger partial charge in [0.1, 0.15) is 0 Å². The first kappa shape index (κ1) is 27.1. The van der Waals surface area contributed by atoms with Crippen molar-refractivity contribution in [3.63, 3.8) is 0 Å². The summed E-state index contributed by atoms with van der Waals surface area (Å²) in [4.78, 5) is 24.6. The summed E-state index contributed by atoms with van der Waals surface area (Å²) in [5.41, 5.74) is 0.795. The second kappa shape index (κ2) is 12.0. The normalized spacial score (nSPS) is 15.1. The lowest BCUT2D eigenvalue weighted by Gasteiger charge is -2.16. The van der Waals surface area contributed by atoms with Crippen molar-refractivity contribution in [1.82, 2.24) is 4.31 Å². The van der Waals surface area contributed by atoms with Gasteiger partial charge in [0, 0.05) is 24.9 Å². The van der Waals surface area contributed by atoms with E-state index in [1.165, 1.54) is 66.9 Å². The van der Waals surface area contributed by atoms with Gasteiger partial charge < -0.3 is 19.5 Å². The van der Waals surface area contributed by atoms with Crippen LogP contribution in [0, 0.1) is 0 Å². The number of methoxy groups -OCH3 is 1. The third kappa shape index (κ3) is 7.01. The van der Waals surface area contributed by atoms with Crippen LogP contribution in [0.2, 0.25) is 0 Å². The number of nitrogens with zero attached hydrogens (tertiary/aromatic N) is 1. The number of halogens is 2. The minimum atomic E-state index is -3.56. The molecular weight excluding hydrogens is 498 g/mol. The Labute approximate surface area is 207 Å². The Balaban J connectivity index is 1.55. The van der Waals surface area contributed by atoms with Crippen molar-refractivity contribution in [3.05, 3.63) is 54.1 Å². The third-order valence-corrected chi connectivity index (χ3v) is 7.22. The molecule has 0 radical (unpaired) electrons. The van der Waals surface area contributed by atoms with Crippen molar-refractivity contribution >= 4 is 33.7 Å². The summed E-state index contributed by atoms with van der Waals surface area (Å²) in [7, 11) is -2.27. The van der Waals surface area contributed by atoms with E-state index in [2.05, 4.69) is 10.1 Å². The molecule has 0 spiro atoms. The lowest BCUT2D eigenvalue weighted by atomic mass is 10.2. The molecule has 0 aromatic heterocycles. The summed E-state index contributed by atoms with van der Waals surface area (Å²) in [6.07, 6.45) is 2.95. The number of anilines is 1. The SMILES string of the molecule is COc1cc(/C=C/C(=O)OC(C)C(=O)Nc2ccc(S(=O)(=O)N3CCCC3)cc2)ccc1OC(F)F. The highest BCUT2D eigenvalue weighted by atomic mass is 32.2. The highest BCUT2D eigenvalue weighted by Crippen LogP contribution is 2.30. The van der Waals surface area contributed by atoms with E-state index in [0.717, 1.165) is 18.9 Å². The first-order valence-electron chi connectivity index (χ1n) is 11.0. The van der Waals surface area contributed by atoms with Crippen LogP contribution in [0.5, 0.6) is 11.5 Å². The van der Waals surface area contributed by atoms with Gasteiger partial charge in [-0.3, -0.25) is 4.79 Å². The summed E-state index contributed by atoms with van der Waals surface area (Å²) in [5, 5.41) is 2.57. The molecule has 3 rings (SSSR count). The molecule has 1 heterocycles. The lowest BCUT2D eigenvalue weighted by Crippen LogP contribution is -2.29. The van der Waals surface area contributed by atoms with Crippen LogP contribution < -0.4 is 14.8 Å². The van der Waals surface area contributed by atoms with E-state index in [1.807, 2.05) is 0 Å². The number of sulfonamides is 1. The molecule has 2 aromatic rings. The van der Waals surface area contributed by atoms with Crippen LogP contribution in [0.15, 0.2) is 53.4 Å². The second-order valence-electron chi connectivity index (χ2n) is 7.83. The van der Waals surface area contributed by atoms with Crippen LogP contribution in [0.25, 0.3) is 6.08 Å². The van der Waals surface area contributed by atoms with Gasteiger partial charge >= 0.3 is 12.6 Å². The molecule has 1 saturated heterocycles. The quantitative estimate of drug-likeness (QED) is 0.373. The van der Waals surface area contributed by atoms with E-state index in [9.17, 15) is 26.8 Å². The standard InChI is InChI=1S/C24H26F2N2O7S/c1-16(34-22(29)12-6-17-5-11-20(35-24(25)26)21(15-17)33-2)23(30)27-18-7-9-19(10-8-18)36(31,32)28-13-3-4-14-28/h5-12,15-16,24H,3-4,13-14H2,1-2H3,(H,27,30)/b12-6+. The number of rotatable bonds is 10. The molecule has 2 aromatic carbocycles. The Bertz CT molecular complexity index is 1210. The zero-order valence-electron chi connectivity index (χ0n) is 19.6. The number of carbonyl (C=O) groups excluding carboxylic acids is 2. The Hall–Kier alpha value is -3.51. The topological polar surface area (TPSA) is 111 Å². The molecule has 0 aliphatic carbocycles. The average molecular weight is 525 g/mol. The van der Waals surface area contributed by atoms with Crippen molar-refractivity contribution < 1.29 is 41.0 Å². The van der Waals surface area contributed by atoms with Gasteiger partial charge in [0.2, 0.25) is 10.0 Å². The van der Waals surface area contributed by atoms with Crippen molar-refractivity contribution in [2.75, 3.05) is 25.5 Å². The molecule has 9 nitrogen and oxygen atoms in total. The van der Waals surface area contributed by atoms with Crippen LogP contribution in [-0.4, -0.2) is 57.5 Å². The molecule has 1 aliphatic heterocycles. The summed E-state index contributed by atoms with van der Waals surface area (Å²) in [5.74, 6) is -1.52. The summed E-state index contributed by atoms with van der Waals surface area (Å²) in [6.45, 7) is -0.648. The van der Waals surface area contributed by atoms with E-state index in [1.54, 1.807) is 0 Å². The lowest BCUT2D eigenvalue weighted by molar-refractivity contribution is -0.148. The molecule has 1 fully saturated rings. The van der Waals surface area contributed by atoms with Gasteiger partial charge in [-0.05, 0) is 67.8 Å². The van der Waals surface area contributed by atoms with Gasteiger partial charge in [0.15, 0.2) is 17.6 Å². The molecule has 1 amide bonds. The molecule has 1 atom stereocenters. The number of ether oxygens (including phenoxy) is 3. The molecule has 0 saturated carbocycles. The van der Waals surface area contributed by atoms with Gasteiger partial charge in [-0.25, -0.2) is 13.2 Å². The zero-order chi connectivity index (χ0) is 26.3. The summed E-state index contributed by atoms with van der Waals surface area (Å²) in [6, 6.07) is 9.85. The van der Waals surface area contributed by atoms with Crippen molar-refractivity contribution in [2.24, 2.45) is 0 Å². The highest BCUT2D eigenvalue weighted by molar-refractivity contribution is 7.89. The van der Waals surface area contributed by atoms with Crippen molar-refractivity contribution in [3.8, 4) is 11.5 Å². The number of benzene rings is 2. The number of hydrogen-bond acceptors (Lipinski definition) is 7. The van der Waals surface area contributed by atoms with Gasteiger partial charge in [-0.1, -0.05) is 6.07 Å². The number of alkyl halides is 2. The highest BCUT2D eigenvalue weighted by Gasteiger charge is 2.27. The number of hydrogen-bond donors (Lipinski definition) is 1. The number of carbonyl (C=O) groups is 2. The van der Waals surface area contributed by atoms with Crippen LogP contribution >= 0.6 is 0 Å². The minimum absolute atomic E-state index is 0.0535. The van der Waals surface area contributed by atoms with Crippen LogP contribution in [0.3, 0.4) is 0 Å². The molecule has 12 heteroatoms. The van der Waals surface area contributed by atoms with Crippen LogP contribution in [-0.2, 0) is 24.3 Å². The smallest absolute Gasteiger partial charge is 0.387 e. The van der Waals surface area contributed by atoms with Gasteiger partial charge in [-0.2, -0.15) is 13.1 Å². The Kier molecular flexibility index (Phi) is 8.99. The minimum Gasteiger partial charge on any atom is -0.493 e. The first-order valence-corrected chi connectivity index (χ1v) is 12.5. The van der Waals surface area contributed by atoms with Gasteiger partial charge in [0.25, 0.3) is 5.91 Å². The van der Waals surface area contributed by atoms with Crippen molar-refractivity contribution in [1.29, 1.82) is 0 Å². The Morgan fingerprint density at radius 2 is 1.72 bits per heavy atom. The Morgan fingerprint density at radius 1 is 1.06 bits per heavy atom. The molecule has 1 N–H and O–H groups in total. The largest absolute Gasteiger partial charge is 0.493 e. The fourth-order valence-corrected chi connectivity index (χ4v) is 4.96. The van der Waals surface area contributed by atoms with Gasteiger partial charge in [-0.15, -0.1) is 0 Å². The molecule has 194 valence electrons. The van der Waals surface area contributed by atoms with E-state index in [0.29, 0.717) is 24.3 Å². The fraction of sp³-hybridized carbons (Fsp3) is 0.333. The average Bonchev–Trinajstić information content (AvgIpc) is 3.39. The predicted octanol–water partition coefficient (Wildman–Crippen LogP) is 3.66. The summed E-state index contributed by atoms with van der Waals surface area (Å²) >= 11 is 0. The maximum Gasteiger partial charge on any atom is 0.387 e. The third-order valence-electron chi connectivity index (χ3n) is 5.30. The fourth-order valence-electron chi connectivity index (χ4n) is 3.44. The first-order chi connectivity index (χ1) is 17.1. The maximum atomic E-state index is 12.6. The number of esters is 1. The van der Waals surface area contributed by atoms with Gasteiger partial charge in [0.05, 0.1) is 12.0 Å². The molecular formula is C24H26F2N2O7S. The summed E-state index contributed by atoms with van der Waals surface area (Å²) < 4.78 is 65.9. The van der Waals surface area contributed by atoms with Crippen LogP contribution in [0.1, 0.15) is 25.3 Å². The zero-order valence-corrected chi connectivity index (χ0v) is 20.5. The molecule has 36 heavy (non-hydrogen) atoms. The van der Waals surface area contributed by atoms with E-state index < -0.39 is 34.6 Å². The second-order valence-corrected chi connectivity index (χ2v) is 9.76. The molecule has 1 unspecified atom stereocenters. The Morgan fingerprint density at radius 3 is 2.33 bits per heavy atom. The monoisotopic (exact) mass is 524 g/mol. The van der Waals surface area contributed by atoms with Crippen LogP contribution in [0.4, 0.5) is 14.5 Å². The van der Waals surface area contributed by atoms with E-state index >= 15 is 0 Å². The van der Waals surface area contributed by atoms with Crippen molar-refractivity contribution in [2.45, 2.75) is 37.4 Å². The number of nitrogens with one attached hydrogen (secondary N) is 1. The predicted molar refractivity (Wildman–Crippen MR) is 127 cm³/mol.